The molecule has 4 rings (SSSR count). The fourth-order valence-electron chi connectivity index (χ4n) is 3.05. The van der Waals surface area contributed by atoms with Gasteiger partial charge in [0.05, 0.1) is 22.9 Å². The number of furan rings is 1. The Morgan fingerprint density at radius 3 is 2.80 bits per heavy atom. The second kappa shape index (κ2) is 8.60. The summed E-state index contributed by atoms with van der Waals surface area (Å²) >= 11 is 1.47. The van der Waals surface area contributed by atoms with Gasteiger partial charge in [-0.25, -0.2) is 14.1 Å². The first-order valence-electron chi connectivity index (χ1n) is 9.28. The fraction of sp³-hybridized carbons (Fsp3) is 0.190. The minimum absolute atomic E-state index is 0.0135. The summed E-state index contributed by atoms with van der Waals surface area (Å²) in [5.41, 5.74) is 0.492. The van der Waals surface area contributed by atoms with Crippen molar-refractivity contribution < 1.29 is 13.6 Å². The number of hydrogen-bond acceptors (Lipinski definition) is 6. The minimum Gasteiger partial charge on any atom is -0.468 e. The highest BCUT2D eigenvalue weighted by Gasteiger charge is 2.22. The number of nitrogens with zero attached hydrogens (tertiary/aromatic N) is 4. The van der Waals surface area contributed by atoms with Crippen LogP contribution in [0.1, 0.15) is 22.4 Å². The van der Waals surface area contributed by atoms with Crippen LogP contribution in [0.25, 0.3) is 16.4 Å². The average Bonchev–Trinajstić information content (AvgIpc) is 3.48. The third-order valence-electron chi connectivity index (χ3n) is 4.56. The van der Waals surface area contributed by atoms with Gasteiger partial charge in [0, 0.05) is 6.54 Å². The summed E-state index contributed by atoms with van der Waals surface area (Å²) in [6, 6.07) is 13.3. The van der Waals surface area contributed by atoms with Gasteiger partial charge in [-0.2, -0.15) is 0 Å². The van der Waals surface area contributed by atoms with Crippen molar-refractivity contribution in [3.05, 3.63) is 77.6 Å². The Labute approximate surface area is 176 Å². The molecule has 1 aromatic carbocycles. The van der Waals surface area contributed by atoms with Crippen LogP contribution in [0.15, 0.2) is 64.6 Å². The van der Waals surface area contributed by atoms with E-state index in [0.29, 0.717) is 18.1 Å². The molecule has 0 saturated carbocycles. The van der Waals surface area contributed by atoms with Crippen molar-refractivity contribution in [3.8, 4) is 16.4 Å². The number of halogens is 1. The zero-order valence-corrected chi connectivity index (χ0v) is 17.3. The van der Waals surface area contributed by atoms with Crippen LogP contribution in [0, 0.1) is 5.82 Å². The summed E-state index contributed by atoms with van der Waals surface area (Å²) in [6.45, 7) is 0.322. The Kier molecular flexibility index (Phi) is 5.73. The SMILES string of the molecule is CN(C)C(CNC(=O)c1nc(-c2cccs2)n(-c2cccc(F)c2)n1)c1ccco1. The Balaban J connectivity index is 1.61. The number of rotatable bonds is 7. The van der Waals surface area contributed by atoms with Crippen LogP contribution in [0.4, 0.5) is 4.39 Å². The predicted molar refractivity (Wildman–Crippen MR) is 112 cm³/mol. The van der Waals surface area contributed by atoms with E-state index in [9.17, 15) is 9.18 Å². The highest BCUT2D eigenvalue weighted by molar-refractivity contribution is 7.13. The molecule has 0 bridgehead atoms. The van der Waals surface area contributed by atoms with E-state index in [1.54, 1.807) is 18.4 Å². The van der Waals surface area contributed by atoms with Gasteiger partial charge in [0.25, 0.3) is 5.91 Å². The lowest BCUT2D eigenvalue weighted by molar-refractivity contribution is 0.0928. The molecule has 4 aromatic rings. The molecule has 0 aliphatic heterocycles. The largest absolute Gasteiger partial charge is 0.468 e. The number of benzene rings is 1. The fourth-order valence-corrected chi connectivity index (χ4v) is 3.75. The number of thiophene rings is 1. The van der Waals surface area contributed by atoms with E-state index in [0.717, 1.165) is 10.6 Å². The molecule has 154 valence electrons. The maximum atomic E-state index is 13.8. The first-order valence-corrected chi connectivity index (χ1v) is 10.2. The molecule has 3 aromatic heterocycles. The molecule has 9 heteroatoms. The number of aromatic nitrogens is 3. The summed E-state index contributed by atoms with van der Waals surface area (Å²) in [5.74, 6) is 0.438. The smallest absolute Gasteiger partial charge is 0.291 e. The molecule has 30 heavy (non-hydrogen) atoms. The van der Waals surface area contributed by atoms with Gasteiger partial charge in [-0.1, -0.05) is 12.1 Å². The van der Waals surface area contributed by atoms with Crippen LogP contribution < -0.4 is 5.32 Å². The van der Waals surface area contributed by atoms with Gasteiger partial charge in [-0.05, 0) is 55.9 Å². The van der Waals surface area contributed by atoms with Crippen LogP contribution in [0.2, 0.25) is 0 Å². The van der Waals surface area contributed by atoms with Crippen molar-refractivity contribution in [1.29, 1.82) is 0 Å². The lowest BCUT2D eigenvalue weighted by Crippen LogP contribution is -2.34. The number of hydrogen-bond donors (Lipinski definition) is 1. The average molecular weight is 425 g/mol. The standard InChI is InChI=1S/C21H20FN5O2S/c1-26(2)16(17-8-4-10-29-17)13-23-21(28)19-24-20(18-9-5-11-30-18)27(25-19)15-7-3-6-14(22)12-15/h3-12,16H,13H2,1-2H3,(H,23,28). The first-order chi connectivity index (χ1) is 14.5. The number of amides is 1. The normalized spacial score (nSPS) is 12.3. The summed E-state index contributed by atoms with van der Waals surface area (Å²) in [7, 11) is 3.82. The second-order valence-electron chi connectivity index (χ2n) is 6.83. The number of nitrogens with one attached hydrogen (secondary N) is 1. The van der Waals surface area contributed by atoms with Crippen molar-refractivity contribution in [3.63, 3.8) is 0 Å². The zero-order valence-electron chi connectivity index (χ0n) is 16.4. The van der Waals surface area contributed by atoms with E-state index in [2.05, 4.69) is 15.4 Å². The molecule has 0 fully saturated rings. The molecule has 3 heterocycles. The van der Waals surface area contributed by atoms with E-state index >= 15 is 0 Å². The molecular weight excluding hydrogens is 405 g/mol. The number of likely N-dealkylation sites (N-methyl/N-ethyl adjacent to an activating group) is 1. The van der Waals surface area contributed by atoms with Gasteiger partial charge in [-0.15, -0.1) is 16.4 Å². The Morgan fingerprint density at radius 1 is 1.27 bits per heavy atom. The van der Waals surface area contributed by atoms with E-state index in [1.807, 2.05) is 48.6 Å². The van der Waals surface area contributed by atoms with Crippen molar-refractivity contribution >= 4 is 17.2 Å². The summed E-state index contributed by atoms with van der Waals surface area (Å²) < 4.78 is 20.7. The molecule has 0 spiro atoms. The minimum atomic E-state index is -0.415. The Hall–Kier alpha value is -3.30. The van der Waals surface area contributed by atoms with Crippen LogP contribution in [-0.4, -0.2) is 46.2 Å². The molecule has 1 atom stereocenters. The maximum absolute atomic E-state index is 13.8. The highest BCUT2D eigenvalue weighted by Crippen LogP contribution is 2.26. The third-order valence-corrected chi connectivity index (χ3v) is 5.42. The van der Waals surface area contributed by atoms with Crippen molar-refractivity contribution in [2.75, 3.05) is 20.6 Å². The van der Waals surface area contributed by atoms with Crippen LogP contribution in [-0.2, 0) is 0 Å². The molecule has 0 aliphatic carbocycles. The summed E-state index contributed by atoms with van der Waals surface area (Å²) in [4.78, 5) is 20.0. The second-order valence-corrected chi connectivity index (χ2v) is 7.78. The molecule has 7 nitrogen and oxygen atoms in total. The summed E-state index contributed by atoms with van der Waals surface area (Å²) in [6.07, 6.45) is 1.60. The van der Waals surface area contributed by atoms with E-state index in [-0.39, 0.29) is 11.9 Å². The van der Waals surface area contributed by atoms with Crippen LogP contribution >= 0.6 is 11.3 Å². The molecule has 1 unspecified atom stereocenters. The number of carbonyl (C=O) groups excluding carboxylic acids is 1. The third kappa shape index (κ3) is 4.17. The first kappa shape index (κ1) is 20.0. The molecular formula is C21H20FN5O2S. The van der Waals surface area contributed by atoms with Gasteiger partial charge in [-0.3, -0.25) is 9.69 Å². The topological polar surface area (TPSA) is 76.2 Å². The van der Waals surface area contributed by atoms with Crippen molar-refractivity contribution in [2.24, 2.45) is 0 Å². The summed E-state index contributed by atoms with van der Waals surface area (Å²) in [5, 5.41) is 9.13. The Morgan fingerprint density at radius 2 is 2.13 bits per heavy atom. The Bertz CT molecular complexity index is 1120. The van der Waals surface area contributed by atoms with Crippen molar-refractivity contribution in [2.45, 2.75) is 6.04 Å². The quantitative estimate of drug-likeness (QED) is 0.488. The van der Waals surface area contributed by atoms with Crippen LogP contribution in [0.5, 0.6) is 0 Å². The molecule has 0 saturated heterocycles. The van der Waals surface area contributed by atoms with E-state index in [4.69, 9.17) is 4.42 Å². The zero-order chi connectivity index (χ0) is 21.1. The predicted octanol–water partition coefficient (Wildman–Crippen LogP) is 3.76. The van der Waals surface area contributed by atoms with Gasteiger partial charge in [0.2, 0.25) is 5.82 Å². The number of carbonyl (C=O) groups is 1. The van der Waals surface area contributed by atoms with Crippen molar-refractivity contribution in [1.82, 2.24) is 25.0 Å². The van der Waals surface area contributed by atoms with E-state index < -0.39 is 11.7 Å². The van der Waals surface area contributed by atoms with Crippen LogP contribution in [0.3, 0.4) is 0 Å². The monoisotopic (exact) mass is 425 g/mol. The van der Waals surface area contributed by atoms with Gasteiger partial charge in [0.1, 0.15) is 11.6 Å². The highest BCUT2D eigenvalue weighted by atomic mass is 32.1. The molecule has 0 radical (unpaired) electrons. The lowest BCUT2D eigenvalue weighted by atomic mass is 10.2. The molecule has 0 aliphatic rings. The maximum Gasteiger partial charge on any atom is 0.291 e. The molecule has 1 amide bonds. The van der Waals surface area contributed by atoms with Gasteiger partial charge >= 0.3 is 0 Å². The lowest BCUT2D eigenvalue weighted by Gasteiger charge is -2.22. The molecule has 1 N–H and O–H groups in total. The van der Waals surface area contributed by atoms with E-state index in [1.165, 1.54) is 28.2 Å². The van der Waals surface area contributed by atoms with Gasteiger partial charge in [0.15, 0.2) is 5.82 Å². The van der Waals surface area contributed by atoms with Gasteiger partial charge < -0.3 is 9.73 Å².